The lowest BCUT2D eigenvalue weighted by atomic mass is 10.1. The summed E-state index contributed by atoms with van der Waals surface area (Å²) in [5.41, 5.74) is 2.74. The van der Waals surface area contributed by atoms with Crippen LogP contribution in [0.2, 0.25) is 5.02 Å². The highest BCUT2D eigenvalue weighted by molar-refractivity contribution is 6.31. The summed E-state index contributed by atoms with van der Waals surface area (Å²) in [4.78, 5) is 47.8. The second-order valence-electron chi connectivity index (χ2n) is 7.48. The van der Waals surface area contributed by atoms with Gasteiger partial charge in [-0.15, -0.1) is 0 Å². The fraction of sp³-hybridized carbons (Fsp3) is 0.174. The summed E-state index contributed by atoms with van der Waals surface area (Å²) in [6.45, 7) is 3.69. The van der Waals surface area contributed by atoms with Crippen LogP contribution in [0.1, 0.15) is 38.9 Å². The number of aryl methyl sites for hydroxylation is 1. The number of halogens is 1. The summed E-state index contributed by atoms with van der Waals surface area (Å²) >= 11 is 6.01. The number of carbonyl (C=O) groups is 3. The average molecular weight is 450 g/mol. The van der Waals surface area contributed by atoms with Gasteiger partial charge in [0.2, 0.25) is 5.91 Å². The summed E-state index contributed by atoms with van der Waals surface area (Å²) < 4.78 is 0. The molecule has 1 atom stereocenters. The predicted octanol–water partition coefficient (Wildman–Crippen LogP) is 3.67. The summed E-state index contributed by atoms with van der Waals surface area (Å²) in [6.07, 6.45) is 3.06. The molecule has 0 aliphatic carbocycles. The molecule has 1 aliphatic heterocycles. The summed E-state index contributed by atoms with van der Waals surface area (Å²) in [5, 5.41) is 5.88. The Hall–Kier alpha value is -3.78. The Morgan fingerprint density at radius 2 is 1.88 bits per heavy atom. The molecule has 32 heavy (non-hydrogen) atoms. The maximum atomic E-state index is 13.1. The standard InChI is InChI=1S/C23H20ClN5O3/c1-13-10-26-20(11-25-13)28-22(31)16-5-3-15(4-6-16)12-29-14(2)21(30)27-19-9-17(24)7-8-18(19)23(29)32/h3-11,14H,12H2,1-2H3,(H,27,30)(H,26,28,31). The normalized spacial score (nSPS) is 15.6. The SMILES string of the molecule is Cc1cnc(NC(=O)c2ccc(CN3C(=O)c4ccc(Cl)cc4NC(=O)C3C)cc2)cn1. The van der Waals surface area contributed by atoms with Gasteiger partial charge in [0, 0.05) is 17.1 Å². The van der Waals surface area contributed by atoms with E-state index in [0.29, 0.717) is 27.7 Å². The minimum Gasteiger partial charge on any atom is -0.324 e. The lowest BCUT2D eigenvalue weighted by Gasteiger charge is -2.26. The molecule has 4 rings (SSSR count). The zero-order valence-corrected chi connectivity index (χ0v) is 18.2. The van der Waals surface area contributed by atoms with Gasteiger partial charge in [0.1, 0.15) is 6.04 Å². The van der Waals surface area contributed by atoms with E-state index >= 15 is 0 Å². The van der Waals surface area contributed by atoms with Crippen LogP contribution in [0.25, 0.3) is 0 Å². The van der Waals surface area contributed by atoms with Crippen molar-refractivity contribution >= 4 is 40.8 Å². The summed E-state index contributed by atoms with van der Waals surface area (Å²) in [5.74, 6) is -0.533. The Labute approximate surface area is 189 Å². The molecule has 0 bridgehead atoms. The van der Waals surface area contributed by atoms with E-state index in [4.69, 9.17) is 11.6 Å². The van der Waals surface area contributed by atoms with E-state index in [1.54, 1.807) is 55.6 Å². The number of amides is 3. The van der Waals surface area contributed by atoms with E-state index in [1.165, 1.54) is 11.1 Å². The van der Waals surface area contributed by atoms with Gasteiger partial charge in [-0.25, -0.2) is 4.98 Å². The highest BCUT2D eigenvalue weighted by Gasteiger charge is 2.32. The van der Waals surface area contributed by atoms with Crippen LogP contribution in [0.5, 0.6) is 0 Å². The third kappa shape index (κ3) is 4.45. The number of benzene rings is 2. The monoisotopic (exact) mass is 449 g/mol. The Bertz CT molecular complexity index is 1200. The number of anilines is 2. The lowest BCUT2D eigenvalue weighted by molar-refractivity contribution is -0.120. The first-order valence-corrected chi connectivity index (χ1v) is 10.3. The van der Waals surface area contributed by atoms with E-state index in [0.717, 1.165) is 11.3 Å². The van der Waals surface area contributed by atoms with Gasteiger partial charge >= 0.3 is 0 Å². The molecule has 9 heteroatoms. The Balaban J connectivity index is 1.51. The largest absolute Gasteiger partial charge is 0.324 e. The second kappa shape index (κ2) is 8.76. The molecule has 0 radical (unpaired) electrons. The van der Waals surface area contributed by atoms with Crippen molar-refractivity contribution in [2.24, 2.45) is 0 Å². The molecule has 0 saturated heterocycles. The van der Waals surface area contributed by atoms with Crippen molar-refractivity contribution in [3.8, 4) is 0 Å². The molecule has 1 unspecified atom stereocenters. The Morgan fingerprint density at radius 3 is 2.56 bits per heavy atom. The molecule has 1 aliphatic rings. The zero-order valence-electron chi connectivity index (χ0n) is 17.4. The van der Waals surface area contributed by atoms with Crippen molar-refractivity contribution in [2.45, 2.75) is 26.4 Å². The van der Waals surface area contributed by atoms with Crippen LogP contribution in [-0.4, -0.2) is 38.6 Å². The predicted molar refractivity (Wildman–Crippen MR) is 121 cm³/mol. The van der Waals surface area contributed by atoms with Crippen LogP contribution in [-0.2, 0) is 11.3 Å². The molecule has 0 spiro atoms. The van der Waals surface area contributed by atoms with Gasteiger partial charge in [-0.05, 0) is 49.7 Å². The molecular formula is C23H20ClN5O3. The molecule has 2 N–H and O–H groups in total. The molecule has 2 heterocycles. The third-order valence-electron chi connectivity index (χ3n) is 5.17. The molecule has 0 fully saturated rings. The minimum absolute atomic E-state index is 0.209. The topological polar surface area (TPSA) is 104 Å². The van der Waals surface area contributed by atoms with Crippen molar-refractivity contribution in [2.75, 3.05) is 10.6 Å². The first-order chi connectivity index (χ1) is 15.3. The van der Waals surface area contributed by atoms with Crippen molar-refractivity contribution in [1.82, 2.24) is 14.9 Å². The van der Waals surface area contributed by atoms with Gasteiger partial charge in [0.25, 0.3) is 11.8 Å². The van der Waals surface area contributed by atoms with Gasteiger partial charge in [0.05, 0.1) is 29.3 Å². The van der Waals surface area contributed by atoms with Crippen molar-refractivity contribution in [3.05, 3.63) is 82.3 Å². The first-order valence-electron chi connectivity index (χ1n) is 9.92. The van der Waals surface area contributed by atoms with Crippen molar-refractivity contribution < 1.29 is 14.4 Å². The third-order valence-corrected chi connectivity index (χ3v) is 5.40. The van der Waals surface area contributed by atoms with Gasteiger partial charge in [-0.2, -0.15) is 0 Å². The molecular weight excluding hydrogens is 430 g/mol. The van der Waals surface area contributed by atoms with Gasteiger partial charge < -0.3 is 15.5 Å². The van der Waals surface area contributed by atoms with Gasteiger partial charge in [-0.3, -0.25) is 19.4 Å². The van der Waals surface area contributed by atoms with E-state index in [-0.39, 0.29) is 24.3 Å². The Kier molecular flexibility index (Phi) is 5.87. The van der Waals surface area contributed by atoms with Crippen LogP contribution in [0.15, 0.2) is 54.9 Å². The fourth-order valence-corrected chi connectivity index (χ4v) is 3.50. The number of aromatic nitrogens is 2. The van der Waals surface area contributed by atoms with Crippen LogP contribution in [0, 0.1) is 6.92 Å². The van der Waals surface area contributed by atoms with Crippen molar-refractivity contribution in [1.29, 1.82) is 0 Å². The maximum Gasteiger partial charge on any atom is 0.256 e. The minimum atomic E-state index is -0.684. The highest BCUT2D eigenvalue weighted by atomic mass is 35.5. The maximum absolute atomic E-state index is 13.1. The smallest absolute Gasteiger partial charge is 0.256 e. The van der Waals surface area contributed by atoms with Crippen LogP contribution >= 0.6 is 11.6 Å². The number of rotatable bonds is 4. The van der Waals surface area contributed by atoms with E-state index in [9.17, 15) is 14.4 Å². The molecule has 2 aromatic carbocycles. The fourth-order valence-electron chi connectivity index (χ4n) is 3.33. The van der Waals surface area contributed by atoms with E-state index in [1.807, 2.05) is 6.92 Å². The lowest BCUT2D eigenvalue weighted by Crippen LogP contribution is -2.42. The first kappa shape index (κ1) is 21.5. The van der Waals surface area contributed by atoms with Crippen molar-refractivity contribution in [3.63, 3.8) is 0 Å². The van der Waals surface area contributed by atoms with E-state index < -0.39 is 6.04 Å². The summed E-state index contributed by atoms with van der Waals surface area (Å²) in [7, 11) is 0. The summed E-state index contributed by atoms with van der Waals surface area (Å²) in [6, 6.07) is 10.9. The number of nitrogens with zero attached hydrogens (tertiary/aromatic N) is 3. The zero-order chi connectivity index (χ0) is 22.8. The highest BCUT2D eigenvalue weighted by Crippen LogP contribution is 2.27. The van der Waals surface area contributed by atoms with Crippen LogP contribution < -0.4 is 10.6 Å². The number of fused-ring (bicyclic) bond motifs is 1. The molecule has 3 aromatic rings. The van der Waals surface area contributed by atoms with Gasteiger partial charge in [0.15, 0.2) is 5.82 Å². The molecule has 1 aromatic heterocycles. The Morgan fingerprint density at radius 1 is 1.12 bits per heavy atom. The van der Waals surface area contributed by atoms with E-state index in [2.05, 4.69) is 20.6 Å². The number of nitrogens with one attached hydrogen (secondary N) is 2. The van der Waals surface area contributed by atoms with Gasteiger partial charge in [-0.1, -0.05) is 23.7 Å². The number of carbonyl (C=O) groups excluding carboxylic acids is 3. The molecule has 0 saturated carbocycles. The molecule has 8 nitrogen and oxygen atoms in total. The molecule has 162 valence electrons. The quantitative estimate of drug-likeness (QED) is 0.632. The number of hydrogen-bond acceptors (Lipinski definition) is 5. The molecule has 3 amide bonds. The average Bonchev–Trinajstić information content (AvgIpc) is 2.86. The number of hydrogen-bond donors (Lipinski definition) is 2. The van der Waals surface area contributed by atoms with Crippen LogP contribution in [0.3, 0.4) is 0 Å². The second-order valence-corrected chi connectivity index (χ2v) is 7.92. The van der Waals surface area contributed by atoms with Crippen LogP contribution in [0.4, 0.5) is 11.5 Å².